The number of aromatic hydroxyl groups is 1. The lowest BCUT2D eigenvalue weighted by molar-refractivity contribution is 0.419. The minimum absolute atomic E-state index is 0.373. The first kappa shape index (κ1) is 9.85. The third-order valence-corrected chi connectivity index (χ3v) is 2.62. The predicted octanol–water partition coefficient (Wildman–Crippen LogP) is 1.36. The van der Waals surface area contributed by atoms with Gasteiger partial charge in [-0.3, -0.25) is 4.79 Å². The van der Waals surface area contributed by atoms with Crippen molar-refractivity contribution in [2.75, 3.05) is 0 Å². The summed E-state index contributed by atoms with van der Waals surface area (Å²) in [5.74, 6) is 0.615. The van der Waals surface area contributed by atoms with E-state index in [0.717, 1.165) is 11.4 Å². The zero-order valence-electron chi connectivity index (χ0n) is 7.64. The van der Waals surface area contributed by atoms with E-state index in [2.05, 4.69) is 9.97 Å². The summed E-state index contributed by atoms with van der Waals surface area (Å²) in [6.45, 7) is 0. The van der Waals surface area contributed by atoms with E-state index < -0.39 is 5.43 Å². The molecular formula is C9H8N2O3S. The van der Waals surface area contributed by atoms with Crippen molar-refractivity contribution in [3.63, 3.8) is 0 Å². The van der Waals surface area contributed by atoms with Crippen LogP contribution in [0.25, 0.3) is 0 Å². The number of imidazole rings is 1. The van der Waals surface area contributed by atoms with Crippen LogP contribution in [0.5, 0.6) is 5.75 Å². The quantitative estimate of drug-likeness (QED) is 0.769. The van der Waals surface area contributed by atoms with Crippen LogP contribution in [0, 0.1) is 0 Å². The van der Waals surface area contributed by atoms with E-state index in [-0.39, 0.29) is 5.75 Å². The highest BCUT2D eigenvalue weighted by atomic mass is 32.2. The van der Waals surface area contributed by atoms with E-state index >= 15 is 0 Å². The van der Waals surface area contributed by atoms with Crippen molar-refractivity contribution in [3.8, 4) is 5.75 Å². The molecule has 0 aliphatic carbocycles. The van der Waals surface area contributed by atoms with Crippen molar-refractivity contribution in [1.29, 1.82) is 0 Å². The molecule has 6 heteroatoms. The first-order valence-corrected chi connectivity index (χ1v) is 5.17. The van der Waals surface area contributed by atoms with Crippen LogP contribution in [-0.2, 0) is 5.75 Å². The number of aromatic amines is 1. The molecule has 78 valence electrons. The van der Waals surface area contributed by atoms with Crippen LogP contribution >= 0.6 is 11.8 Å². The van der Waals surface area contributed by atoms with Gasteiger partial charge in [0.05, 0.1) is 5.75 Å². The van der Waals surface area contributed by atoms with Crippen molar-refractivity contribution in [3.05, 3.63) is 40.7 Å². The standard InChI is InChI=1S/C9H8N2O3S/c12-7-3-6(14-4-8(7)13)5-15-9-10-1-2-11-9/h1-4,13H,5H2,(H,10,11). The molecule has 2 N–H and O–H groups in total. The highest BCUT2D eigenvalue weighted by Gasteiger charge is 2.03. The van der Waals surface area contributed by atoms with Gasteiger partial charge in [-0.1, -0.05) is 11.8 Å². The van der Waals surface area contributed by atoms with Crippen molar-refractivity contribution in [1.82, 2.24) is 9.97 Å². The summed E-state index contributed by atoms with van der Waals surface area (Å²) in [4.78, 5) is 18.0. The average Bonchev–Trinajstić information content (AvgIpc) is 2.73. The third kappa shape index (κ3) is 2.41. The molecular weight excluding hydrogens is 216 g/mol. The van der Waals surface area contributed by atoms with E-state index in [4.69, 9.17) is 9.52 Å². The molecule has 0 saturated carbocycles. The summed E-state index contributed by atoms with van der Waals surface area (Å²) >= 11 is 1.41. The molecule has 0 radical (unpaired) electrons. The van der Waals surface area contributed by atoms with Crippen molar-refractivity contribution < 1.29 is 9.52 Å². The number of hydrogen-bond donors (Lipinski definition) is 2. The van der Waals surface area contributed by atoms with Crippen molar-refractivity contribution in [2.24, 2.45) is 0 Å². The van der Waals surface area contributed by atoms with Crippen LogP contribution < -0.4 is 5.43 Å². The van der Waals surface area contributed by atoms with Crippen LogP contribution in [0.15, 0.2) is 39.1 Å². The summed E-state index contributed by atoms with van der Waals surface area (Å²) in [6.07, 6.45) is 4.41. The van der Waals surface area contributed by atoms with E-state index in [1.165, 1.54) is 17.8 Å². The highest BCUT2D eigenvalue weighted by molar-refractivity contribution is 7.98. The fraction of sp³-hybridized carbons (Fsp3) is 0.111. The van der Waals surface area contributed by atoms with Gasteiger partial charge in [-0.25, -0.2) is 4.98 Å². The molecule has 2 aromatic heterocycles. The Hall–Kier alpha value is -1.69. The largest absolute Gasteiger partial charge is 0.502 e. The molecule has 0 aromatic carbocycles. The first-order valence-electron chi connectivity index (χ1n) is 4.18. The molecule has 2 rings (SSSR count). The smallest absolute Gasteiger partial charge is 0.226 e. The molecule has 0 atom stereocenters. The molecule has 0 spiro atoms. The van der Waals surface area contributed by atoms with Gasteiger partial charge < -0.3 is 14.5 Å². The second kappa shape index (κ2) is 4.22. The number of nitrogens with zero attached hydrogens (tertiary/aromatic N) is 1. The molecule has 5 nitrogen and oxygen atoms in total. The molecule has 0 saturated heterocycles. The molecule has 2 heterocycles. The van der Waals surface area contributed by atoms with Crippen LogP contribution in [0.4, 0.5) is 0 Å². The zero-order valence-corrected chi connectivity index (χ0v) is 8.45. The SMILES string of the molecule is O=c1cc(CSc2ncc[nH]2)occ1O. The number of aromatic nitrogens is 2. The lowest BCUT2D eigenvalue weighted by Gasteiger charge is -1.97. The number of thioether (sulfide) groups is 1. The Balaban J connectivity index is 2.06. The average molecular weight is 224 g/mol. The van der Waals surface area contributed by atoms with Gasteiger partial charge in [0.25, 0.3) is 0 Å². The Kier molecular flexibility index (Phi) is 2.77. The maximum Gasteiger partial charge on any atom is 0.226 e. The minimum atomic E-state index is -0.434. The molecule has 0 amide bonds. The summed E-state index contributed by atoms with van der Waals surface area (Å²) in [7, 11) is 0. The monoisotopic (exact) mass is 224 g/mol. The summed E-state index contributed by atoms with van der Waals surface area (Å²) in [5.41, 5.74) is -0.434. The molecule has 0 bridgehead atoms. The Morgan fingerprint density at radius 1 is 1.60 bits per heavy atom. The third-order valence-electron chi connectivity index (χ3n) is 1.69. The summed E-state index contributed by atoms with van der Waals surface area (Å²) in [6, 6.07) is 1.27. The fourth-order valence-corrected chi connectivity index (χ4v) is 1.71. The Bertz CT molecular complexity index is 492. The van der Waals surface area contributed by atoms with Crippen LogP contribution in [-0.4, -0.2) is 15.1 Å². The van der Waals surface area contributed by atoms with Gasteiger partial charge in [0, 0.05) is 18.5 Å². The molecule has 2 aromatic rings. The fourth-order valence-electron chi connectivity index (χ4n) is 0.989. The number of rotatable bonds is 3. The molecule has 0 aliphatic heterocycles. The molecule has 0 unspecified atom stereocenters. The second-order valence-electron chi connectivity index (χ2n) is 2.78. The predicted molar refractivity (Wildman–Crippen MR) is 54.8 cm³/mol. The lowest BCUT2D eigenvalue weighted by atomic mass is 10.4. The Morgan fingerprint density at radius 2 is 2.47 bits per heavy atom. The van der Waals surface area contributed by atoms with E-state index in [1.807, 2.05) is 0 Å². The molecule has 0 fully saturated rings. The van der Waals surface area contributed by atoms with Crippen LogP contribution in [0.1, 0.15) is 5.76 Å². The topological polar surface area (TPSA) is 79.1 Å². The van der Waals surface area contributed by atoms with E-state index in [9.17, 15) is 4.79 Å². The summed E-state index contributed by atoms with van der Waals surface area (Å²) in [5, 5.41) is 9.72. The number of nitrogens with one attached hydrogen (secondary N) is 1. The van der Waals surface area contributed by atoms with Crippen LogP contribution in [0.2, 0.25) is 0 Å². The second-order valence-corrected chi connectivity index (χ2v) is 3.74. The highest BCUT2D eigenvalue weighted by Crippen LogP contribution is 2.18. The molecule has 15 heavy (non-hydrogen) atoms. The van der Waals surface area contributed by atoms with Crippen LogP contribution in [0.3, 0.4) is 0 Å². The Morgan fingerprint density at radius 3 is 3.13 bits per heavy atom. The maximum atomic E-state index is 11.1. The van der Waals surface area contributed by atoms with Gasteiger partial charge in [-0.15, -0.1) is 0 Å². The van der Waals surface area contributed by atoms with Gasteiger partial charge >= 0.3 is 0 Å². The van der Waals surface area contributed by atoms with Gasteiger partial charge in [-0.05, 0) is 0 Å². The lowest BCUT2D eigenvalue weighted by Crippen LogP contribution is -1.99. The van der Waals surface area contributed by atoms with Crippen molar-refractivity contribution in [2.45, 2.75) is 10.9 Å². The normalized spacial score (nSPS) is 10.4. The van der Waals surface area contributed by atoms with Gasteiger partial charge in [0.15, 0.2) is 10.9 Å². The van der Waals surface area contributed by atoms with E-state index in [1.54, 1.807) is 12.4 Å². The van der Waals surface area contributed by atoms with Gasteiger partial charge in [-0.2, -0.15) is 0 Å². The zero-order chi connectivity index (χ0) is 10.7. The minimum Gasteiger partial charge on any atom is -0.502 e. The van der Waals surface area contributed by atoms with E-state index in [0.29, 0.717) is 11.5 Å². The maximum absolute atomic E-state index is 11.1. The van der Waals surface area contributed by atoms with Gasteiger partial charge in [0.2, 0.25) is 5.43 Å². The van der Waals surface area contributed by atoms with Crippen molar-refractivity contribution >= 4 is 11.8 Å². The summed E-state index contributed by atoms with van der Waals surface area (Å²) < 4.78 is 5.02. The molecule has 0 aliphatic rings. The number of hydrogen-bond acceptors (Lipinski definition) is 5. The number of H-pyrrole nitrogens is 1. The Labute approximate surface area is 89.2 Å². The first-order chi connectivity index (χ1) is 7.25. The van der Waals surface area contributed by atoms with Gasteiger partial charge in [0.1, 0.15) is 12.0 Å².